The first kappa shape index (κ1) is 23.1. The quantitative estimate of drug-likeness (QED) is 0.167. The maximum absolute atomic E-state index is 8.24. The van der Waals surface area contributed by atoms with Gasteiger partial charge in [0.05, 0.1) is 11.1 Å². The Bertz CT molecular complexity index is 2190. The van der Waals surface area contributed by atoms with Crippen molar-refractivity contribution >= 4 is 43.4 Å². The zero-order chi connectivity index (χ0) is 30.6. The van der Waals surface area contributed by atoms with E-state index in [2.05, 4.69) is 81.0 Å². The van der Waals surface area contributed by atoms with Crippen molar-refractivity contribution < 1.29 is 30.0 Å². The largest absolute Gasteiger partial charge is 0.501 e. The second kappa shape index (κ2) is 11.5. The van der Waals surface area contributed by atoms with Crippen LogP contribution in [0.25, 0.3) is 54.5 Å². The Morgan fingerprint density at radius 3 is 2.50 bits per heavy atom. The number of benzene rings is 3. The first-order chi connectivity index (χ1) is 20.5. The van der Waals surface area contributed by atoms with Crippen LogP contribution in [0.1, 0.15) is 32.6 Å². The molecule has 201 valence electrons. The third-order valence-corrected chi connectivity index (χ3v) is 8.22. The van der Waals surface area contributed by atoms with E-state index >= 15 is 0 Å². The fourth-order valence-electron chi connectivity index (χ4n) is 4.65. The molecule has 0 fully saturated rings. The molecule has 0 atom stereocenters. The Labute approximate surface area is 257 Å². The van der Waals surface area contributed by atoms with Crippen LogP contribution in [-0.4, -0.2) is 9.97 Å². The molecule has 0 aliphatic heterocycles. The van der Waals surface area contributed by atoms with Crippen molar-refractivity contribution in [1.29, 1.82) is 0 Å². The second-order valence-corrected chi connectivity index (χ2v) is 10.9. The third kappa shape index (κ3) is 5.13. The van der Waals surface area contributed by atoms with Gasteiger partial charge in [-0.05, 0) is 68.4 Å². The van der Waals surface area contributed by atoms with Crippen LogP contribution in [0.3, 0.4) is 0 Å². The number of aryl methyl sites for hydroxylation is 5. The molecule has 4 heterocycles. The fourth-order valence-corrected chi connectivity index (χ4v) is 5.73. The van der Waals surface area contributed by atoms with Crippen molar-refractivity contribution in [3.8, 4) is 22.5 Å². The molecule has 7 rings (SSSR count). The van der Waals surface area contributed by atoms with E-state index in [1.165, 1.54) is 37.2 Å². The standard InChI is InChI=1S/C21H14NOS.C14H14N.Ir/c1-12-13(2)24-18-10-9-17-20(19(12)18)15-7-5-6-14(21(15)23-17)16-8-3-4-11-22-16;1-10-4-6-13(7-5-10)14-8-11(2)12(3)9-15-14;/h3-5,7-11H,1-2H3;4-6,8-9H,1-3H3;/q2*-1;/i3D,4D,8D,11D;;. The van der Waals surface area contributed by atoms with Crippen LogP contribution < -0.4 is 0 Å². The van der Waals surface area contributed by atoms with E-state index in [0.29, 0.717) is 11.1 Å². The number of pyridine rings is 2. The van der Waals surface area contributed by atoms with Gasteiger partial charge in [0.2, 0.25) is 0 Å². The maximum atomic E-state index is 8.24. The van der Waals surface area contributed by atoms with Crippen molar-refractivity contribution in [3.05, 3.63) is 118 Å². The number of fused-ring (bicyclic) bond motifs is 5. The second-order valence-electron chi connectivity index (χ2n) is 9.67. The Balaban J connectivity index is 0.000000204. The van der Waals surface area contributed by atoms with E-state index in [0.717, 1.165) is 27.6 Å². The van der Waals surface area contributed by atoms with Crippen LogP contribution in [-0.2, 0) is 20.1 Å². The summed E-state index contributed by atoms with van der Waals surface area (Å²) in [5.41, 5.74) is 8.87. The molecule has 40 heavy (non-hydrogen) atoms. The van der Waals surface area contributed by atoms with Crippen LogP contribution in [0.2, 0.25) is 0 Å². The first-order valence-corrected chi connectivity index (χ1v) is 13.5. The predicted octanol–water partition coefficient (Wildman–Crippen LogP) is 9.75. The zero-order valence-electron chi connectivity index (χ0n) is 26.7. The summed E-state index contributed by atoms with van der Waals surface area (Å²) in [6.45, 7) is 10.5. The minimum Gasteiger partial charge on any atom is -0.501 e. The number of aromatic nitrogens is 2. The van der Waals surface area contributed by atoms with Crippen LogP contribution in [0.5, 0.6) is 0 Å². The molecule has 0 amide bonds. The van der Waals surface area contributed by atoms with Gasteiger partial charge in [-0.2, -0.15) is 0 Å². The average Bonchev–Trinajstić information content (AvgIpc) is 3.52. The summed E-state index contributed by atoms with van der Waals surface area (Å²) in [4.78, 5) is 9.76. The SMILES string of the molecule is Cc1c[c-]c(-c2cc(C)c(C)cn2)cc1.[2H]c1nc(-c2[c-]ccc3c2oc2ccc4sc(C)c(C)c4c23)c([2H])c([2H])c1[2H].[Ir]. The molecule has 0 saturated carbocycles. The molecule has 0 aliphatic carbocycles. The number of furan rings is 1. The molecule has 0 saturated heterocycles. The van der Waals surface area contributed by atoms with Gasteiger partial charge < -0.3 is 14.4 Å². The summed E-state index contributed by atoms with van der Waals surface area (Å²) in [5, 5.41) is 3.08. The van der Waals surface area contributed by atoms with Gasteiger partial charge in [-0.3, -0.25) is 0 Å². The molecule has 0 bridgehead atoms. The van der Waals surface area contributed by atoms with Gasteiger partial charge in [-0.1, -0.05) is 41.6 Å². The van der Waals surface area contributed by atoms with E-state index in [-0.39, 0.29) is 50.1 Å². The summed E-state index contributed by atoms with van der Waals surface area (Å²) >= 11 is 1.75. The van der Waals surface area contributed by atoms with Crippen LogP contribution >= 0.6 is 11.3 Å². The van der Waals surface area contributed by atoms with Crippen molar-refractivity contribution in [2.45, 2.75) is 34.6 Å². The molecule has 0 unspecified atom stereocenters. The summed E-state index contributed by atoms with van der Waals surface area (Å²) in [7, 11) is 0. The minimum atomic E-state index is -0.350. The van der Waals surface area contributed by atoms with Gasteiger partial charge in [0, 0.05) is 52.8 Å². The van der Waals surface area contributed by atoms with Gasteiger partial charge in [0.1, 0.15) is 5.58 Å². The van der Waals surface area contributed by atoms with Gasteiger partial charge in [0.25, 0.3) is 0 Å². The van der Waals surface area contributed by atoms with E-state index in [1.807, 2.05) is 24.4 Å². The summed E-state index contributed by atoms with van der Waals surface area (Å²) < 4.78 is 39.1. The fraction of sp³-hybridized carbons (Fsp3) is 0.143. The first-order valence-electron chi connectivity index (χ1n) is 14.7. The van der Waals surface area contributed by atoms with Crippen LogP contribution in [0.15, 0.2) is 83.4 Å². The minimum absolute atomic E-state index is 0. The van der Waals surface area contributed by atoms with E-state index in [1.54, 1.807) is 17.4 Å². The molecule has 7 aromatic rings. The Kier molecular flexibility index (Phi) is 6.62. The maximum Gasteiger partial charge on any atom is 0.121 e. The average molecular weight is 721 g/mol. The molecule has 0 spiro atoms. The van der Waals surface area contributed by atoms with Gasteiger partial charge in [-0.15, -0.1) is 64.9 Å². The van der Waals surface area contributed by atoms with Crippen LogP contribution in [0.4, 0.5) is 0 Å². The summed E-state index contributed by atoms with van der Waals surface area (Å²) in [5.74, 6) is 0. The Morgan fingerprint density at radius 1 is 0.875 bits per heavy atom. The van der Waals surface area contributed by atoms with E-state index in [9.17, 15) is 0 Å². The Morgan fingerprint density at radius 2 is 1.73 bits per heavy atom. The number of rotatable bonds is 2. The van der Waals surface area contributed by atoms with E-state index < -0.39 is 0 Å². The van der Waals surface area contributed by atoms with Gasteiger partial charge >= 0.3 is 0 Å². The predicted molar refractivity (Wildman–Crippen MR) is 163 cm³/mol. The molecular formula is C35H28IrN2OS-2. The Hall–Kier alpha value is -3.63. The number of hydrogen-bond donors (Lipinski definition) is 0. The molecule has 3 nitrogen and oxygen atoms in total. The number of nitrogens with zero attached hydrogens (tertiary/aromatic N) is 2. The smallest absolute Gasteiger partial charge is 0.121 e. The summed E-state index contributed by atoms with van der Waals surface area (Å²) in [6.07, 6.45) is 1.59. The van der Waals surface area contributed by atoms with Crippen molar-refractivity contribution in [1.82, 2.24) is 9.97 Å². The van der Waals surface area contributed by atoms with E-state index in [4.69, 9.17) is 9.90 Å². The normalized spacial score (nSPS) is 12.3. The molecular weight excluding hydrogens is 689 g/mol. The molecule has 5 heteroatoms. The van der Waals surface area contributed by atoms with Gasteiger partial charge in [0.15, 0.2) is 0 Å². The third-order valence-electron chi connectivity index (χ3n) is 7.05. The van der Waals surface area contributed by atoms with Crippen molar-refractivity contribution in [3.63, 3.8) is 0 Å². The molecule has 3 aromatic carbocycles. The molecule has 4 aromatic heterocycles. The molecule has 0 N–H and O–H groups in total. The van der Waals surface area contributed by atoms with Crippen molar-refractivity contribution in [2.75, 3.05) is 0 Å². The molecule has 1 radical (unpaired) electrons. The molecule has 0 aliphatic rings. The van der Waals surface area contributed by atoms with Gasteiger partial charge in [-0.25, -0.2) is 0 Å². The van der Waals surface area contributed by atoms with Crippen LogP contribution in [0, 0.1) is 46.8 Å². The zero-order valence-corrected chi connectivity index (χ0v) is 26.0. The summed E-state index contributed by atoms with van der Waals surface area (Å²) in [6, 6.07) is 21.4. The topological polar surface area (TPSA) is 38.9 Å². The monoisotopic (exact) mass is 721 g/mol. The number of hydrogen-bond acceptors (Lipinski definition) is 4. The number of thiophene rings is 1. The van der Waals surface area contributed by atoms with Crippen molar-refractivity contribution in [2.24, 2.45) is 0 Å².